The van der Waals surface area contributed by atoms with Crippen LogP contribution in [-0.4, -0.2) is 24.7 Å². The smallest absolute Gasteiger partial charge is 0.350 e. The number of rotatable bonds is 4. The lowest BCUT2D eigenvalue weighted by Crippen LogP contribution is -2.48. The summed E-state index contributed by atoms with van der Waals surface area (Å²) in [6.45, 7) is 0.535. The van der Waals surface area contributed by atoms with Crippen LogP contribution in [0, 0.1) is 23.2 Å². The van der Waals surface area contributed by atoms with Gasteiger partial charge in [0.15, 0.2) is 0 Å². The Labute approximate surface area is 156 Å². The van der Waals surface area contributed by atoms with Gasteiger partial charge in [-0.2, -0.15) is 0 Å². The van der Waals surface area contributed by atoms with E-state index in [1.54, 1.807) is 19.4 Å². The van der Waals surface area contributed by atoms with Crippen molar-refractivity contribution in [1.29, 1.82) is 0 Å². The van der Waals surface area contributed by atoms with Crippen molar-refractivity contribution in [3.05, 3.63) is 17.1 Å². The summed E-state index contributed by atoms with van der Waals surface area (Å²) in [4.78, 5) is 18.2. The first-order valence-corrected chi connectivity index (χ1v) is 10.3. The summed E-state index contributed by atoms with van der Waals surface area (Å²) in [5, 5.41) is 0.710. The van der Waals surface area contributed by atoms with E-state index in [9.17, 15) is 4.79 Å². The Hall–Kier alpha value is -1.82. The van der Waals surface area contributed by atoms with Gasteiger partial charge in [-0.25, -0.2) is 9.78 Å². The van der Waals surface area contributed by atoms with Gasteiger partial charge in [-0.05, 0) is 62.3 Å². The van der Waals surface area contributed by atoms with Crippen molar-refractivity contribution in [3.63, 3.8) is 0 Å². The summed E-state index contributed by atoms with van der Waals surface area (Å²) in [5.74, 6) is 2.88. The molecule has 6 heteroatoms. The monoisotopic (exact) mass is 372 g/mol. The van der Waals surface area contributed by atoms with Gasteiger partial charge < -0.3 is 15.2 Å². The number of ether oxygens (including phenoxy) is 2. The van der Waals surface area contributed by atoms with Crippen LogP contribution < -0.4 is 10.5 Å². The SMILES string of the molecule is COc1ccnc2sc(C(=O)OCC34CC5CC(CC(C5)C3)C4)c(N)c12. The number of nitrogens with zero attached hydrogens (tertiary/aromatic N) is 1. The van der Waals surface area contributed by atoms with Crippen molar-refractivity contribution < 1.29 is 14.3 Å². The normalized spacial score (nSPS) is 32.1. The van der Waals surface area contributed by atoms with Gasteiger partial charge in [0.1, 0.15) is 15.5 Å². The van der Waals surface area contributed by atoms with Gasteiger partial charge >= 0.3 is 5.97 Å². The van der Waals surface area contributed by atoms with E-state index in [2.05, 4.69) is 4.98 Å². The third-order valence-electron chi connectivity index (χ3n) is 6.67. The first-order valence-electron chi connectivity index (χ1n) is 9.45. The zero-order valence-electron chi connectivity index (χ0n) is 15.0. The molecular weight excluding hydrogens is 348 g/mol. The molecule has 4 bridgehead atoms. The molecule has 0 unspecified atom stereocenters. The molecule has 4 saturated carbocycles. The predicted octanol–water partition coefficient (Wildman–Crippen LogP) is 4.26. The van der Waals surface area contributed by atoms with Crippen LogP contribution in [0.2, 0.25) is 0 Å². The molecule has 0 saturated heterocycles. The fourth-order valence-corrected chi connectivity index (χ4v) is 7.06. The lowest BCUT2D eigenvalue weighted by Gasteiger charge is -2.56. The Morgan fingerprint density at radius 1 is 1.27 bits per heavy atom. The van der Waals surface area contributed by atoms with Crippen molar-refractivity contribution in [3.8, 4) is 5.75 Å². The van der Waals surface area contributed by atoms with Crippen LogP contribution in [-0.2, 0) is 4.74 Å². The maximum absolute atomic E-state index is 12.8. The largest absolute Gasteiger partial charge is 0.496 e. The average molecular weight is 372 g/mol. The van der Waals surface area contributed by atoms with E-state index in [0.29, 0.717) is 33.1 Å². The van der Waals surface area contributed by atoms with Gasteiger partial charge in [-0.1, -0.05) is 0 Å². The molecule has 6 rings (SSSR count). The van der Waals surface area contributed by atoms with Crippen molar-refractivity contribution in [2.24, 2.45) is 23.2 Å². The summed E-state index contributed by atoms with van der Waals surface area (Å²) in [6.07, 6.45) is 9.52. The Morgan fingerprint density at radius 2 is 1.92 bits per heavy atom. The number of esters is 1. The highest BCUT2D eigenvalue weighted by atomic mass is 32.1. The molecule has 2 aromatic rings. The second kappa shape index (κ2) is 5.84. The summed E-state index contributed by atoms with van der Waals surface area (Å²) in [7, 11) is 1.59. The lowest BCUT2D eigenvalue weighted by atomic mass is 9.50. The van der Waals surface area contributed by atoms with Gasteiger partial charge in [0.05, 0.1) is 24.8 Å². The van der Waals surface area contributed by atoms with Gasteiger partial charge in [-0.3, -0.25) is 0 Å². The maximum atomic E-state index is 12.8. The Bertz CT molecular complexity index is 840. The van der Waals surface area contributed by atoms with Gasteiger partial charge in [0, 0.05) is 11.6 Å². The first kappa shape index (κ1) is 16.4. The number of hydrogen-bond donors (Lipinski definition) is 1. The van der Waals surface area contributed by atoms with Crippen LogP contribution in [0.25, 0.3) is 10.2 Å². The van der Waals surface area contributed by atoms with E-state index in [1.165, 1.54) is 49.9 Å². The number of pyridine rings is 1. The molecule has 0 radical (unpaired) electrons. The third-order valence-corrected chi connectivity index (χ3v) is 7.76. The lowest BCUT2D eigenvalue weighted by molar-refractivity contribution is -0.0847. The molecule has 26 heavy (non-hydrogen) atoms. The Morgan fingerprint density at radius 3 is 2.54 bits per heavy atom. The van der Waals surface area contributed by atoms with E-state index in [-0.39, 0.29) is 11.4 Å². The van der Waals surface area contributed by atoms with Crippen molar-refractivity contribution in [1.82, 2.24) is 4.98 Å². The number of carbonyl (C=O) groups is 1. The second-order valence-corrected chi connectivity index (χ2v) is 9.53. The number of aromatic nitrogens is 1. The topological polar surface area (TPSA) is 74.4 Å². The molecule has 138 valence electrons. The molecule has 4 fully saturated rings. The molecule has 5 nitrogen and oxygen atoms in total. The molecular formula is C20H24N2O3S. The minimum absolute atomic E-state index is 0.214. The van der Waals surface area contributed by atoms with E-state index < -0.39 is 0 Å². The van der Waals surface area contributed by atoms with Crippen LogP contribution in [0.3, 0.4) is 0 Å². The quantitative estimate of drug-likeness (QED) is 0.812. The minimum atomic E-state index is -0.316. The summed E-state index contributed by atoms with van der Waals surface area (Å²) in [6, 6.07) is 1.76. The second-order valence-electron chi connectivity index (χ2n) is 8.53. The van der Waals surface area contributed by atoms with Crippen LogP contribution >= 0.6 is 11.3 Å². The van der Waals surface area contributed by atoms with Crippen molar-refractivity contribution in [2.75, 3.05) is 19.5 Å². The standard InChI is InChI=1S/C20H24N2O3S/c1-24-14-2-3-22-18-15(14)16(21)17(26-18)19(23)25-10-20-7-11-4-12(8-20)6-13(5-11)9-20/h2-3,11-13H,4-10,21H2,1H3. The number of fused-ring (bicyclic) bond motifs is 1. The third kappa shape index (κ3) is 2.49. The highest BCUT2D eigenvalue weighted by molar-refractivity contribution is 7.21. The van der Waals surface area contributed by atoms with E-state index >= 15 is 0 Å². The number of thiophene rings is 1. The zero-order valence-corrected chi connectivity index (χ0v) is 15.8. The molecule has 2 heterocycles. The average Bonchev–Trinajstić information content (AvgIpc) is 2.96. The first-order chi connectivity index (χ1) is 12.6. The highest BCUT2D eigenvalue weighted by Gasteiger charge is 2.51. The summed E-state index contributed by atoms with van der Waals surface area (Å²) in [5.41, 5.74) is 6.88. The molecule has 2 N–H and O–H groups in total. The number of nitrogen functional groups attached to an aromatic ring is 1. The van der Waals surface area contributed by atoms with E-state index in [0.717, 1.165) is 17.8 Å². The predicted molar refractivity (Wildman–Crippen MR) is 101 cm³/mol. The number of carbonyl (C=O) groups excluding carboxylic acids is 1. The van der Waals surface area contributed by atoms with E-state index in [1.807, 2.05) is 0 Å². The number of methoxy groups -OCH3 is 1. The van der Waals surface area contributed by atoms with Gasteiger partial charge in [-0.15, -0.1) is 11.3 Å². The van der Waals surface area contributed by atoms with Gasteiger partial charge in [0.25, 0.3) is 0 Å². The molecule has 4 aliphatic rings. The molecule has 0 atom stereocenters. The Balaban J connectivity index is 1.36. The van der Waals surface area contributed by atoms with Crippen LogP contribution in [0.4, 0.5) is 5.69 Å². The molecule has 0 aliphatic heterocycles. The minimum Gasteiger partial charge on any atom is -0.496 e. The molecule has 0 aromatic carbocycles. The van der Waals surface area contributed by atoms with Crippen LogP contribution in [0.5, 0.6) is 5.75 Å². The fraction of sp³-hybridized carbons (Fsp3) is 0.600. The maximum Gasteiger partial charge on any atom is 0.350 e. The summed E-state index contributed by atoms with van der Waals surface area (Å²) < 4.78 is 11.2. The highest BCUT2D eigenvalue weighted by Crippen LogP contribution is 2.60. The van der Waals surface area contributed by atoms with Crippen LogP contribution in [0.15, 0.2) is 12.3 Å². The van der Waals surface area contributed by atoms with Crippen LogP contribution in [0.1, 0.15) is 48.2 Å². The number of hydrogen-bond acceptors (Lipinski definition) is 6. The zero-order chi connectivity index (χ0) is 17.9. The fourth-order valence-electron chi connectivity index (χ4n) is 6.09. The summed E-state index contributed by atoms with van der Waals surface area (Å²) >= 11 is 1.29. The van der Waals surface area contributed by atoms with E-state index in [4.69, 9.17) is 15.2 Å². The molecule has 4 aliphatic carbocycles. The van der Waals surface area contributed by atoms with Crippen molar-refractivity contribution in [2.45, 2.75) is 38.5 Å². The number of anilines is 1. The number of nitrogens with two attached hydrogens (primary N) is 1. The van der Waals surface area contributed by atoms with Crippen molar-refractivity contribution >= 4 is 33.2 Å². The molecule has 0 amide bonds. The molecule has 2 aromatic heterocycles. The molecule has 0 spiro atoms. The van der Waals surface area contributed by atoms with Gasteiger partial charge in [0.2, 0.25) is 0 Å². The Kier molecular flexibility index (Phi) is 3.68.